The van der Waals surface area contributed by atoms with Gasteiger partial charge in [-0.3, -0.25) is 0 Å². The molecule has 1 heterocycles. The second kappa shape index (κ2) is 23.6. The Morgan fingerprint density at radius 2 is 1.18 bits per heavy atom. The number of anilines is 2. The molecule has 0 saturated heterocycles. The van der Waals surface area contributed by atoms with Gasteiger partial charge in [0.05, 0.1) is 11.0 Å². The Kier molecular flexibility index (Phi) is 22.4. The minimum atomic E-state index is -4.73. The molecule has 0 bridgehead atoms. The van der Waals surface area contributed by atoms with Gasteiger partial charge < -0.3 is 13.9 Å². The van der Waals surface area contributed by atoms with Crippen molar-refractivity contribution in [3.8, 4) is 22.5 Å². The maximum absolute atomic E-state index is 12.3. The molecule has 0 atom stereocenters. The summed E-state index contributed by atoms with van der Waals surface area (Å²) in [6.45, 7) is 12.0. The monoisotopic (exact) mass is 717 g/mol. The van der Waals surface area contributed by atoms with Crippen molar-refractivity contribution >= 4 is 38.1 Å². The summed E-state index contributed by atoms with van der Waals surface area (Å²) in [4.78, 5) is 1.79. The topological polar surface area (TPSA) is 76.6 Å². The van der Waals surface area contributed by atoms with Crippen molar-refractivity contribution in [1.29, 1.82) is 0 Å². The Hall–Kier alpha value is -4.72. The normalized spacial score (nSPS) is 10.3. The number of fused-ring (bicyclic) bond motifs is 2. The zero-order chi connectivity index (χ0) is 35.9. The van der Waals surface area contributed by atoms with Gasteiger partial charge in [-0.05, 0) is 36.4 Å². The van der Waals surface area contributed by atoms with Crippen LogP contribution in [0.4, 0.5) is 17.1 Å². The first-order valence-corrected chi connectivity index (χ1v) is 17.2. The summed E-state index contributed by atoms with van der Waals surface area (Å²) in [5, 5.41) is 1.60. The van der Waals surface area contributed by atoms with Gasteiger partial charge in [0, 0.05) is 66.1 Å². The first-order chi connectivity index (χ1) is 23.3. The lowest BCUT2D eigenvalue weighted by atomic mass is 9.93. The smallest absolute Gasteiger partial charge is 0.209 e. The molecular formula is C44H64N2O4S. The molecule has 2 aliphatic rings. The number of hydrogen-bond donors (Lipinski definition) is 0. The SMILES string of the molecule is C.C.C.C.CC.CC.CC.CN(c1ccccc1)c1ccc2c(-c3ccccc3S(=O)(=O)[O-])c3ccc(=[N+](C)c4ccccc4)cc-3oc2c1.[2H]C. The predicted octanol–water partition coefficient (Wildman–Crippen LogP) is 12.9. The molecule has 0 unspecified atom stereocenters. The lowest BCUT2D eigenvalue weighted by Gasteiger charge is -2.22. The zero-order valence-corrected chi connectivity index (χ0v) is 29.8. The van der Waals surface area contributed by atoms with Crippen LogP contribution in [0.2, 0.25) is 0 Å². The van der Waals surface area contributed by atoms with Gasteiger partial charge in [0.1, 0.15) is 28.5 Å². The van der Waals surface area contributed by atoms with Crippen LogP contribution < -0.4 is 14.8 Å². The van der Waals surface area contributed by atoms with E-state index in [9.17, 15) is 13.0 Å². The van der Waals surface area contributed by atoms with Crippen LogP contribution in [0, 0.1) is 0 Å². The highest BCUT2D eigenvalue weighted by Gasteiger charge is 2.22. The van der Waals surface area contributed by atoms with Crippen molar-refractivity contribution in [2.24, 2.45) is 0 Å². The highest BCUT2D eigenvalue weighted by Crippen LogP contribution is 2.43. The fourth-order valence-corrected chi connectivity index (χ4v) is 5.75. The van der Waals surface area contributed by atoms with Gasteiger partial charge in [0.15, 0.2) is 0 Å². The number of nitrogens with zero attached hydrogens (tertiary/aromatic N) is 2. The molecule has 1 aliphatic heterocycles. The van der Waals surface area contributed by atoms with Crippen LogP contribution in [-0.2, 0) is 10.1 Å². The van der Waals surface area contributed by atoms with Crippen molar-refractivity contribution < 1.29 is 18.8 Å². The van der Waals surface area contributed by atoms with Crippen molar-refractivity contribution in [2.45, 2.75) is 83.5 Å². The largest absolute Gasteiger partial charge is 0.744 e. The number of hydrogen-bond acceptors (Lipinski definition) is 5. The molecule has 0 aromatic heterocycles. The average molecular weight is 718 g/mol. The van der Waals surface area contributed by atoms with Gasteiger partial charge in [-0.1, -0.05) is 133 Å². The third-order valence-corrected chi connectivity index (χ3v) is 8.07. The summed E-state index contributed by atoms with van der Waals surface area (Å²) >= 11 is 0. The summed E-state index contributed by atoms with van der Waals surface area (Å²) in [5.41, 5.74) is 5.17. The maximum atomic E-state index is 12.3. The average Bonchev–Trinajstić information content (AvgIpc) is 3.16. The van der Waals surface area contributed by atoms with Gasteiger partial charge in [0.2, 0.25) is 11.0 Å². The van der Waals surface area contributed by atoms with Crippen molar-refractivity contribution in [3.05, 3.63) is 127 Å². The predicted molar refractivity (Wildman–Crippen MR) is 226 cm³/mol. The van der Waals surface area contributed by atoms with E-state index in [2.05, 4.69) is 9.48 Å². The molecule has 0 radical (unpaired) electrons. The van der Waals surface area contributed by atoms with E-state index in [0.29, 0.717) is 33.4 Å². The summed E-state index contributed by atoms with van der Waals surface area (Å²) in [5.74, 6) is 0.570. The van der Waals surface area contributed by atoms with E-state index < -0.39 is 10.1 Å². The molecule has 51 heavy (non-hydrogen) atoms. The molecular weight excluding hydrogens is 653 g/mol. The lowest BCUT2D eigenvalue weighted by Crippen LogP contribution is -2.21. The van der Waals surface area contributed by atoms with Crippen LogP contribution in [0.3, 0.4) is 0 Å². The maximum Gasteiger partial charge on any atom is 0.209 e. The molecule has 6 rings (SSSR count). The zero-order valence-electron chi connectivity index (χ0n) is 30.0. The summed E-state index contributed by atoms with van der Waals surface area (Å²) in [6, 6.07) is 37.9. The molecule has 6 nitrogen and oxygen atoms in total. The summed E-state index contributed by atoms with van der Waals surface area (Å²) in [7, 11) is 0.472. The summed E-state index contributed by atoms with van der Waals surface area (Å²) in [6.07, 6.45) is 0. The standard InChI is InChI=1S/C33H26N2O4S.3C2H6.5CH4/c1-34(23-11-5-3-6-12-23)25-17-19-27-30(21-25)39-31-22-26(35(2)24-13-7-4-8-14-24)18-20-28(31)33(27)29-15-9-10-16-32(29)40(36,37)38;3*1-2;;;;;/h3-22H,1-2H3;3*1-2H3;5*1H4/i;;;;1D;;;;. The minimum Gasteiger partial charge on any atom is -0.744 e. The van der Waals surface area contributed by atoms with Crippen LogP contribution in [0.5, 0.6) is 0 Å². The van der Waals surface area contributed by atoms with E-state index in [4.69, 9.17) is 5.79 Å². The van der Waals surface area contributed by atoms with E-state index >= 15 is 0 Å². The second-order valence-electron chi connectivity index (χ2n) is 9.58. The van der Waals surface area contributed by atoms with Gasteiger partial charge >= 0.3 is 0 Å². The molecule has 1 aliphatic carbocycles. The number of para-hydroxylation sites is 2. The third-order valence-electron chi connectivity index (χ3n) is 7.18. The van der Waals surface area contributed by atoms with Crippen molar-refractivity contribution in [1.82, 2.24) is 4.58 Å². The van der Waals surface area contributed by atoms with E-state index in [1.54, 1.807) is 18.2 Å². The van der Waals surface area contributed by atoms with E-state index in [-0.39, 0.29) is 34.6 Å². The molecule has 4 aromatic carbocycles. The Balaban J connectivity index is -0.00000188. The van der Waals surface area contributed by atoms with Crippen molar-refractivity contribution in [2.75, 3.05) is 19.0 Å². The molecule has 0 N–H and O–H groups in total. The van der Waals surface area contributed by atoms with Crippen LogP contribution in [0.15, 0.2) is 131 Å². The second-order valence-corrected chi connectivity index (χ2v) is 10.9. The van der Waals surface area contributed by atoms with Crippen molar-refractivity contribution in [3.63, 3.8) is 0 Å². The lowest BCUT2D eigenvalue weighted by molar-refractivity contribution is 0.463. The molecule has 0 saturated carbocycles. The van der Waals surface area contributed by atoms with Crippen LogP contribution in [0.1, 0.15) is 80.0 Å². The van der Waals surface area contributed by atoms with Gasteiger partial charge in [-0.25, -0.2) is 8.42 Å². The Bertz CT molecular complexity index is 2010. The number of rotatable bonds is 5. The fraction of sp³-hybridized carbons (Fsp3) is 0.295. The highest BCUT2D eigenvalue weighted by molar-refractivity contribution is 7.85. The number of benzene rings is 5. The molecule has 0 amide bonds. The Morgan fingerprint density at radius 1 is 0.647 bits per heavy atom. The Labute approximate surface area is 312 Å². The van der Waals surface area contributed by atoms with Crippen LogP contribution >= 0.6 is 0 Å². The molecule has 7 heteroatoms. The minimum absolute atomic E-state index is 0. The van der Waals surface area contributed by atoms with Gasteiger partial charge in [-0.15, -0.1) is 0 Å². The molecule has 4 aromatic rings. The third kappa shape index (κ3) is 11.4. The van der Waals surface area contributed by atoms with Gasteiger partial charge in [0.25, 0.3) is 0 Å². The van der Waals surface area contributed by atoms with Gasteiger partial charge in [-0.2, -0.15) is 4.58 Å². The molecule has 0 fully saturated rings. The molecule has 280 valence electrons. The van der Waals surface area contributed by atoms with E-state index in [1.807, 2.05) is 153 Å². The van der Waals surface area contributed by atoms with Crippen LogP contribution in [0.25, 0.3) is 33.4 Å². The van der Waals surface area contributed by atoms with E-state index in [0.717, 1.165) is 22.4 Å². The van der Waals surface area contributed by atoms with Crippen LogP contribution in [-0.4, -0.2) is 27.1 Å². The highest BCUT2D eigenvalue weighted by atomic mass is 32.2. The molecule has 0 spiro atoms. The van der Waals surface area contributed by atoms with E-state index in [1.165, 1.54) is 13.5 Å². The summed E-state index contributed by atoms with van der Waals surface area (Å²) < 4.78 is 51.2. The first-order valence-electron chi connectivity index (χ1n) is 16.8. The fourth-order valence-electron chi connectivity index (χ4n) is 5.07. The first kappa shape index (κ1) is 48.4. The Morgan fingerprint density at radius 3 is 1.75 bits per heavy atom. The quantitative estimate of drug-likeness (QED) is 0.101.